The van der Waals surface area contributed by atoms with Crippen LogP contribution >= 0.6 is 0 Å². The molecule has 0 aliphatic heterocycles. The molecule has 0 saturated carbocycles. The van der Waals surface area contributed by atoms with Crippen LogP contribution in [0.1, 0.15) is 95.1 Å². The number of nitrogen functional groups attached to an aromatic ring is 1. The molecule has 48 heavy (non-hydrogen) atoms. The number of carbonyl (C=O) groups is 1. The van der Waals surface area contributed by atoms with Gasteiger partial charge in [0.1, 0.15) is 18.0 Å². The number of aryl methyl sites for hydroxylation is 1. The van der Waals surface area contributed by atoms with Gasteiger partial charge in [-0.05, 0) is 62.1 Å². The predicted molar refractivity (Wildman–Crippen MR) is 193 cm³/mol. The van der Waals surface area contributed by atoms with Crippen LogP contribution in [0.25, 0.3) is 0 Å². The van der Waals surface area contributed by atoms with Crippen LogP contribution in [0, 0.1) is 23.2 Å². The molecule has 1 aliphatic rings. The maximum Gasteiger partial charge on any atom is 0.323 e. The van der Waals surface area contributed by atoms with E-state index in [1.54, 1.807) is 22.9 Å². The Morgan fingerprint density at radius 1 is 1.02 bits per heavy atom. The molecule has 2 unspecified atom stereocenters. The van der Waals surface area contributed by atoms with E-state index in [0.717, 1.165) is 41.9 Å². The van der Waals surface area contributed by atoms with E-state index in [-0.39, 0.29) is 23.6 Å². The summed E-state index contributed by atoms with van der Waals surface area (Å²) >= 11 is 0. The lowest BCUT2D eigenvalue weighted by molar-refractivity contribution is -0.543. The highest BCUT2D eigenvalue weighted by atomic mass is 16.5. The summed E-state index contributed by atoms with van der Waals surface area (Å²) < 4.78 is 8.20. The largest absolute Gasteiger partial charge is 0.483 e. The van der Waals surface area contributed by atoms with Gasteiger partial charge in [-0.15, -0.1) is 0 Å². The number of amides is 2. The molecule has 2 aromatic carbocycles. The number of unbranched alkanes of at least 4 members (excludes halogenated alkanes) is 2. The van der Waals surface area contributed by atoms with E-state index in [0.29, 0.717) is 48.2 Å². The van der Waals surface area contributed by atoms with Crippen molar-refractivity contribution in [3.05, 3.63) is 95.4 Å². The number of benzene rings is 2. The number of nitrogens with zero attached hydrogens (tertiary/aromatic N) is 1. The van der Waals surface area contributed by atoms with E-state index < -0.39 is 0 Å². The van der Waals surface area contributed by atoms with Crippen LogP contribution in [0.4, 0.5) is 16.3 Å². The molecule has 0 saturated heterocycles. The summed E-state index contributed by atoms with van der Waals surface area (Å²) in [7, 11) is 0. The number of hydrogen-bond acceptors (Lipinski definition) is 6. The molecule has 2 atom stereocenters. The Kier molecular flexibility index (Phi) is 12.9. The lowest BCUT2D eigenvalue weighted by Crippen LogP contribution is -2.79. The van der Waals surface area contributed by atoms with Crippen LogP contribution in [-0.2, 0) is 0 Å². The highest BCUT2D eigenvalue weighted by Gasteiger charge is 2.30. The summed E-state index contributed by atoms with van der Waals surface area (Å²) in [5, 5.41) is 28.7. The summed E-state index contributed by atoms with van der Waals surface area (Å²) in [5.74, 6) is 2.09. The number of urea groups is 1. The number of pyridine rings is 1. The van der Waals surface area contributed by atoms with Gasteiger partial charge in [0.15, 0.2) is 5.75 Å². The van der Waals surface area contributed by atoms with Crippen molar-refractivity contribution >= 4 is 29.1 Å². The van der Waals surface area contributed by atoms with E-state index in [2.05, 4.69) is 22.9 Å². The molecule has 256 valence electrons. The molecule has 0 bridgehead atoms. The number of fused-ring (bicyclic) bond motifs is 1. The average molecular weight is 655 g/mol. The number of quaternary nitrogens is 1. The Morgan fingerprint density at radius 2 is 1.75 bits per heavy atom. The SMILES string of the molecule is CCCCCNCCC(=N)[n+]1cc(OC2CCC(NC(=O)NC(=CC(=N)C(C)(C)C)[NH2+]c3ccc(C)cc3)c3ccccc32)ccc1N. The second kappa shape index (κ2) is 17.0. The van der Waals surface area contributed by atoms with Crippen LogP contribution in [0.2, 0.25) is 0 Å². The van der Waals surface area contributed by atoms with Gasteiger partial charge < -0.3 is 26.5 Å². The summed E-state index contributed by atoms with van der Waals surface area (Å²) in [4.78, 5) is 13.4. The highest BCUT2D eigenvalue weighted by Crippen LogP contribution is 2.38. The molecule has 4 rings (SSSR count). The number of rotatable bonds is 14. The van der Waals surface area contributed by atoms with Gasteiger partial charge >= 0.3 is 6.03 Å². The molecule has 1 heterocycles. The zero-order valence-electron chi connectivity index (χ0n) is 29.2. The molecule has 1 aromatic heterocycles. The van der Waals surface area contributed by atoms with Crippen LogP contribution < -0.4 is 36.3 Å². The Hall–Kier alpha value is -4.54. The molecule has 3 aromatic rings. The van der Waals surface area contributed by atoms with Crippen LogP contribution in [0.5, 0.6) is 5.75 Å². The first-order valence-corrected chi connectivity index (χ1v) is 17.1. The molecule has 0 spiro atoms. The van der Waals surface area contributed by atoms with E-state index >= 15 is 0 Å². The highest BCUT2D eigenvalue weighted by molar-refractivity contribution is 5.97. The van der Waals surface area contributed by atoms with Gasteiger partial charge in [0, 0.05) is 36.2 Å². The van der Waals surface area contributed by atoms with Crippen molar-refractivity contribution in [1.29, 1.82) is 10.8 Å². The fourth-order valence-electron chi connectivity index (χ4n) is 5.59. The Bertz CT molecular complexity index is 1590. The third-order valence-corrected chi connectivity index (χ3v) is 8.52. The monoisotopic (exact) mass is 654 g/mol. The number of ether oxygens (including phenoxy) is 1. The first-order valence-electron chi connectivity index (χ1n) is 17.1. The molecule has 0 radical (unpaired) electrons. The zero-order chi connectivity index (χ0) is 34.7. The van der Waals surface area contributed by atoms with Crippen molar-refractivity contribution in [2.75, 3.05) is 18.8 Å². The maximum absolute atomic E-state index is 13.4. The number of anilines is 1. The third-order valence-electron chi connectivity index (χ3n) is 8.52. The fraction of sp³-hybridized carbons (Fsp3) is 0.421. The minimum atomic E-state index is -0.364. The average Bonchev–Trinajstić information content (AvgIpc) is 3.05. The van der Waals surface area contributed by atoms with Gasteiger partial charge in [-0.2, -0.15) is 5.41 Å². The molecular formula is C38H54N8O2+2. The maximum atomic E-state index is 13.4. The van der Waals surface area contributed by atoms with Gasteiger partial charge in [-0.25, -0.2) is 9.36 Å². The van der Waals surface area contributed by atoms with Crippen LogP contribution in [-0.4, -0.2) is 30.7 Å². The number of carbonyl (C=O) groups excluding carboxylic acids is 1. The molecular weight excluding hydrogens is 600 g/mol. The number of hydrogen-bond donors (Lipinski definition) is 7. The Balaban J connectivity index is 1.43. The minimum Gasteiger partial charge on any atom is -0.483 e. The number of nitrogens with two attached hydrogens (primary N) is 2. The van der Waals surface area contributed by atoms with Gasteiger partial charge in [-0.3, -0.25) is 10.6 Å². The van der Waals surface area contributed by atoms with E-state index in [9.17, 15) is 4.79 Å². The normalized spacial score (nSPS) is 16.1. The molecule has 10 heteroatoms. The van der Waals surface area contributed by atoms with Gasteiger partial charge in [0.25, 0.3) is 0 Å². The minimum absolute atomic E-state index is 0.210. The van der Waals surface area contributed by atoms with E-state index in [1.165, 1.54) is 12.8 Å². The second-order valence-electron chi connectivity index (χ2n) is 13.6. The molecule has 2 amide bonds. The fourth-order valence-corrected chi connectivity index (χ4v) is 5.59. The second-order valence-corrected chi connectivity index (χ2v) is 13.6. The summed E-state index contributed by atoms with van der Waals surface area (Å²) in [6, 6.07) is 19.2. The van der Waals surface area contributed by atoms with Crippen molar-refractivity contribution in [1.82, 2.24) is 16.0 Å². The third kappa shape index (κ3) is 10.5. The van der Waals surface area contributed by atoms with Crippen molar-refractivity contribution in [2.45, 2.75) is 85.3 Å². The molecule has 0 fully saturated rings. The van der Waals surface area contributed by atoms with Crippen molar-refractivity contribution in [3.8, 4) is 5.75 Å². The van der Waals surface area contributed by atoms with Crippen molar-refractivity contribution in [3.63, 3.8) is 0 Å². The van der Waals surface area contributed by atoms with Gasteiger partial charge in [0.05, 0.1) is 6.04 Å². The van der Waals surface area contributed by atoms with Crippen LogP contribution in [0.15, 0.2) is 78.8 Å². The summed E-state index contributed by atoms with van der Waals surface area (Å²) in [6.45, 7) is 11.8. The lowest BCUT2D eigenvalue weighted by Gasteiger charge is -2.32. The quantitative estimate of drug-likeness (QED) is 0.0379. The Morgan fingerprint density at radius 3 is 2.46 bits per heavy atom. The predicted octanol–water partition coefficient (Wildman–Crippen LogP) is 5.92. The number of aromatic nitrogens is 1. The van der Waals surface area contributed by atoms with Crippen LogP contribution in [0.3, 0.4) is 0 Å². The van der Waals surface area contributed by atoms with E-state index in [4.69, 9.17) is 21.3 Å². The van der Waals surface area contributed by atoms with Crippen molar-refractivity contribution in [2.24, 2.45) is 5.41 Å². The summed E-state index contributed by atoms with van der Waals surface area (Å²) in [5.41, 5.74) is 10.4. The topological polar surface area (TPSA) is 157 Å². The number of nitrogens with one attached hydrogen (secondary N) is 5. The molecule has 9 N–H and O–H groups in total. The Labute approximate surface area is 285 Å². The first kappa shape index (κ1) is 36.3. The number of allylic oxidation sites excluding steroid dienone is 1. The first-order chi connectivity index (χ1) is 22.9. The molecule has 10 nitrogen and oxygen atoms in total. The van der Waals surface area contributed by atoms with Gasteiger partial charge in [0.2, 0.25) is 17.5 Å². The van der Waals surface area contributed by atoms with E-state index in [1.807, 2.05) is 87.6 Å². The lowest BCUT2D eigenvalue weighted by atomic mass is 9.85. The standard InChI is InChI=1S/C38H52N8O2/c1-6-7-10-22-42-23-21-35(41)46-25-28(17-20-34(46)40)48-32-19-18-31(29-11-8-9-12-30(29)32)44-37(47)45-36(24-33(39)38(3,4)5)43-27-15-13-26(2)14-16-27/h8-9,11-17,20,24-25,31-32,40-42H,6-7,10,18-19,21-23H2,1-5H3,(H4,39,43,44,45,47)/p+2. The zero-order valence-corrected chi connectivity index (χ0v) is 29.2. The molecule has 1 aliphatic carbocycles. The smallest absolute Gasteiger partial charge is 0.323 e. The van der Waals surface area contributed by atoms with Gasteiger partial charge in [-0.1, -0.05) is 82.5 Å². The summed E-state index contributed by atoms with van der Waals surface area (Å²) in [6.07, 6.45) is 8.76. The van der Waals surface area contributed by atoms with Crippen molar-refractivity contribution < 1.29 is 19.4 Å².